The lowest BCUT2D eigenvalue weighted by Gasteiger charge is -2.34. The number of aromatic amines is 1. The zero-order valence-electron chi connectivity index (χ0n) is 17.3. The van der Waals surface area contributed by atoms with Crippen LogP contribution in [0.5, 0.6) is 0 Å². The quantitative estimate of drug-likeness (QED) is 0.426. The summed E-state index contributed by atoms with van der Waals surface area (Å²) in [6.45, 7) is 3.91. The second-order valence-corrected chi connectivity index (χ2v) is 8.64. The third-order valence-electron chi connectivity index (χ3n) is 5.69. The monoisotopic (exact) mass is 439 g/mol. The van der Waals surface area contributed by atoms with Crippen molar-refractivity contribution in [3.8, 4) is 0 Å². The summed E-state index contributed by atoms with van der Waals surface area (Å²) in [5, 5.41) is 22.8. The fourth-order valence-electron chi connectivity index (χ4n) is 4.18. The van der Waals surface area contributed by atoms with Crippen molar-refractivity contribution in [1.82, 2.24) is 25.3 Å². The van der Waals surface area contributed by atoms with Gasteiger partial charge in [-0.3, -0.25) is 10.8 Å². The fourth-order valence-corrected chi connectivity index (χ4v) is 4.30. The Morgan fingerprint density at radius 3 is 2.74 bits per heavy atom. The molecule has 1 saturated heterocycles. The van der Waals surface area contributed by atoms with E-state index in [0.29, 0.717) is 29.1 Å². The maximum Gasteiger partial charge on any atom is 0.189 e. The average Bonchev–Trinajstić information content (AvgIpc) is 3.36. The van der Waals surface area contributed by atoms with Crippen molar-refractivity contribution >= 4 is 29.1 Å². The number of nitrogens with two attached hydrogens (primary N) is 1. The number of rotatable bonds is 4. The van der Waals surface area contributed by atoms with Gasteiger partial charge in [-0.25, -0.2) is 9.67 Å². The highest BCUT2D eigenvalue weighted by Crippen LogP contribution is 2.32. The first-order valence-electron chi connectivity index (χ1n) is 10.5. The lowest BCUT2D eigenvalue weighted by atomic mass is 10.0. The minimum atomic E-state index is -1.04. The molecule has 3 aromatic rings. The van der Waals surface area contributed by atoms with Gasteiger partial charge in [0.25, 0.3) is 0 Å². The van der Waals surface area contributed by atoms with Gasteiger partial charge in [0.1, 0.15) is 11.7 Å². The molecule has 0 aliphatic carbocycles. The lowest BCUT2D eigenvalue weighted by Crippen LogP contribution is -2.52. The maximum atomic E-state index is 6.80. The number of benzene rings is 1. The van der Waals surface area contributed by atoms with E-state index < -0.39 is 5.79 Å². The van der Waals surface area contributed by atoms with Crippen LogP contribution >= 0.6 is 11.6 Å². The van der Waals surface area contributed by atoms with Crippen LogP contribution in [0.3, 0.4) is 0 Å². The lowest BCUT2D eigenvalue weighted by molar-refractivity contribution is 0.343. The summed E-state index contributed by atoms with van der Waals surface area (Å²) in [5.74, 6) is 1.18. The second kappa shape index (κ2) is 7.99. The van der Waals surface area contributed by atoms with E-state index in [1.807, 2.05) is 43.5 Å². The first-order chi connectivity index (χ1) is 15.0. The molecule has 1 fully saturated rings. The number of halogens is 1. The molecule has 4 heterocycles. The van der Waals surface area contributed by atoms with Crippen LogP contribution in [-0.2, 0) is 6.42 Å². The molecule has 0 saturated carbocycles. The predicted molar refractivity (Wildman–Crippen MR) is 123 cm³/mol. The van der Waals surface area contributed by atoms with Gasteiger partial charge in [0.15, 0.2) is 11.6 Å². The molecule has 2 aromatic heterocycles. The molecule has 2 aliphatic heterocycles. The van der Waals surface area contributed by atoms with Gasteiger partial charge < -0.3 is 16.0 Å². The number of amidine groups is 1. The van der Waals surface area contributed by atoms with Crippen molar-refractivity contribution in [2.45, 2.75) is 38.0 Å². The van der Waals surface area contributed by atoms with E-state index in [9.17, 15) is 0 Å². The average molecular weight is 440 g/mol. The summed E-state index contributed by atoms with van der Waals surface area (Å²) in [5.41, 5.74) is 9.68. The zero-order chi connectivity index (χ0) is 21.4. The number of hydrogen-bond donors (Lipinski definition) is 5. The summed E-state index contributed by atoms with van der Waals surface area (Å²) < 4.78 is 2.06. The Morgan fingerprint density at radius 2 is 2.03 bits per heavy atom. The van der Waals surface area contributed by atoms with Gasteiger partial charge in [-0.1, -0.05) is 23.7 Å². The largest absolute Gasteiger partial charge is 0.333 e. The Morgan fingerprint density at radius 1 is 1.26 bits per heavy atom. The normalized spacial score (nSPS) is 21.3. The standard InChI is InChI=1S/C21H26ClN9/c1-13-10-18(30-29-13)26-19-17-12-25-31(16-6-8-24-9-7-16)20(17)28-21(23,27-19)11-14-2-4-15(22)5-3-14/h2-5,10,12,16,24,28H,6-9,11,23H2,1H3,(H2,26,27,29,30). The van der Waals surface area contributed by atoms with Gasteiger partial charge in [-0.15, -0.1) is 0 Å². The van der Waals surface area contributed by atoms with E-state index in [4.69, 9.17) is 27.4 Å². The van der Waals surface area contributed by atoms with Crippen molar-refractivity contribution in [2.75, 3.05) is 23.7 Å². The number of nitrogens with zero attached hydrogens (tertiary/aromatic N) is 4. The number of aryl methyl sites for hydroxylation is 1. The Labute approximate surface area is 185 Å². The molecule has 1 atom stereocenters. The van der Waals surface area contributed by atoms with Gasteiger partial charge in [0.2, 0.25) is 0 Å². The number of nitrogens with one attached hydrogen (secondary N) is 4. The molecule has 2 aliphatic rings. The zero-order valence-corrected chi connectivity index (χ0v) is 18.1. The van der Waals surface area contributed by atoms with Crippen molar-refractivity contribution in [3.63, 3.8) is 0 Å². The van der Waals surface area contributed by atoms with Crippen LogP contribution in [-0.4, -0.2) is 44.7 Å². The number of aromatic nitrogens is 4. The molecule has 31 heavy (non-hydrogen) atoms. The molecule has 10 heteroatoms. The van der Waals surface area contributed by atoms with Gasteiger partial charge >= 0.3 is 0 Å². The van der Waals surface area contributed by atoms with Crippen LogP contribution in [0.4, 0.5) is 11.6 Å². The molecule has 0 radical (unpaired) electrons. The maximum absolute atomic E-state index is 6.80. The first kappa shape index (κ1) is 20.0. The second-order valence-electron chi connectivity index (χ2n) is 8.21. The van der Waals surface area contributed by atoms with Crippen molar-refractivity contribution in [3.05, 3.63) is 58.4 Å². The van der Waals surface area contributed by atoms with Crippen LogP contribution in [0.1, 0.15) is 35.7 Å². The molecular formula is C21H26ClN9. The van der Waals surface area contributed by atoms with Crippen molar-refractivity contribution < 1.29 is 0 Å². The molecule has 162 valence electrons. The van der Waals surface area contributed by atoms with Crippen LogP contribution in [0.2, 0.25) is 5.02 Å². The van der Waals surface area contributed by atoms with Gasteiger partial charge in [0.05, 0.1) is 17.8 Å². The molecule has 0 bridgehead atoms. The van der Waals surface area contributed by atoms with E-state index in [1.165, 1.54) is 0 Å². The van der Waals surface area contributed by atoms with Crippen molar-refractivity contribution in [2.24, 2.45) is 10.7 Å². The Kier molecular flexibility index (Phi) is 5.17. The molecule has 0 amide bonds. The summed E-state index contributed by atoms with van der Waals surface area (Å²) in [6, 6.07) is 9.91. The summed E-state index contributed by atoms with van der Waals surface area (Å²) in [4.78, 5) is 4.86. The van der Waals surface area contributed by atoms with Crippen LogP contribution in [0, 0.1) is 6.92 Å². The number of fused-ring (bicyclic) bond motifs is 1. The van der Waals surface area contributed by atoms with Crippen LogP contribution < -0.4 is 21.7 Å². The van der Waals surface area contributed by atoms with Gasteiger partial charge in [0, 0.05) is 23.2 Å². The van der Waals surface area contributed by atoms with E-state index in [2.05, 4.69) is 30.8 Å². The number of H-pyrrole nitrogens is 1. The highest BCUT2D eigenvalue weighted by atomic mass is 35.5. The summed E-state index contributed by atoms with van der Waals surface area (Å²) >= 11 is 6.05. The van der Waals surface area contributed by atoms with Gasteiger partial charge in [-0.05, 0) is 50.6 Å². The summed E-state index contributed by atoms with van der Waals surface area (Å²) in [6.07, 6.45) is 4.37. The SMILES string of the molecule is Cc1cc(NC2=NC(N)(Cc3ccc(Cl)cc3)Nc3c2cnn3C2CCNCC2)n[nH]1. The number of piperidine rings is 1. The fraction of sp³-hybridized carbons (Fsp3) is 0.381. The Hall–Kier alpha value is -2.88. The van der Waals surface area contributed by atoms with Gasteiger partial charge in [-0.2, -0.15) is 10.2 Å². The first-order valence-corrected chi connectivity index (χ1v) is 10.9. The number of anilines is 2. The predicted octanol–water partition coefficient (Wildman–Crippen LogP) is 2.63. The minimum absolute atomic E-state index is 0.309. The Bertz CT molecular complexity index is 1090. The number of aliphatic imine (C=N–C) groups is 1. The molecule has 0 spiro atoms. The molecule has 6 N–H and O–H groups in total. The Balaban J connectivity index is 1.52. The highest BCUT2D eigenvalue weighted by molar-refractivity contribution is 6.30. The van der Waals surface area contributed by atoms with Crippen molar-refractivity contribution in [1.29, 1.82) is 0 Å². The van der Waals surface area contributed by atoms with Crippen LogP contribution in [0.15, 0.2) is 41.5 Å². The highest BCUT2D eigenvalue weighted by Gasteiger charge is 2.35. The van der Waals surface area contributed by atoms with E-state index in [0.717, 1.165) is 48.6 Å². The summed E-state index contributed by atoms with van der Waals surface area (Å²) in [7, 11) is 0. The topological polar surface area (TPSA) is 121 Å². The molecule has 1 aromatic carbocycles. The third kappa shape index (κ3) is 4.16. The molecule has 5 rings (SSSR count). The third-order valence-corrected chi connectivity index (χ3v) is 5.94. The van der Waals surface area contributed by atoms with E-state index >= 15 is 0 Å². The smallest absolute Gasteiger partial charge is 0.189 e. The minimum Gasteiger partial charge on any atom is -0.333 e. The molecule has 9 nitrogen and oxygen atoms in total. The van der Waals surface area contributed by atoms with E-state index in [1.54, 1.807) is 0 Å². The van der Waals surface area contributed by atoms with E-state index in [-0.39, 0.29) is 0 Å². The van der Waals surface area contributed by atoms with Crippen LogP contribution in [0.25, 0.3) is 0 Å². The molecule has 1 unspecified atom stereocenters. The molecular weight excluding hydrogens is 414 g/mol. The number of hydrogen-bond acceptors (Lipinski definition) is 7.